The molecule has 2 aromatic heterocycles. The van der Waals surface area contributed by atoms with Gasteiger partial charge < -0.3 is 0 Å². The Hall–Kier alpha value is -3.09. The Kier molecular flexibility index (Phi) is 8.91. The predicted octanol–water partition coefficient (Wildman–Crippen LogP) is 1.66. The number of unbranched alkanes of at least 4 members (excludes halogenated alkanes) is 1. The summed E-state index contributed by atoms with van der Waals surface area (Å²) in [6.07, 6.45) is 6.62. The number of hydroxylamine groups is 1. The number of sulfonamides is 1. The third kappa shape index (κ3) is 6.28. The van der Waals surface area contributed by atoms with Gasteiger partial charge in [-0.25, -0.2) is 18.6 Å². The van der Waals surface area contributed by atoms with Crippen LogP contribution in [-0.2, 0) is 34.3 Å². The second kappa shape index (κ2) is 11.9. The first-order chi connectivity index (χ1) is 16.4. The van der Waals surface area contributed by atoms with E-state index in [0.29, 0.717) is 24.1 Å². The molecule has 0 spiro atoms. The molecule has 3 rings (SSSR count). The molecule has 10 nitrogen and oxygen atoms in total. The molecule has 0 unspecified atom stereocenters. The zero-order valence-electron chi connectivity index (χ0n) is 18.9. The van der Waals surface area contributed by atoms with E-state index in [1.165, 1.54) is 24.5 Å². The Balaban J connectivity index is 2.02. The Morgan fingerprint density at radius 2 is 1.97 bits per heavy atom. The average molecular weight is 482 g/mol. The van der Waals surface area contributed by atoms with Crippen molar-refractivity contribution in [2.45, 2.75) is 56.5 Å². The number of carbonyl (C=O) groups excluding carboxylic acids is 1. The number of aryl methyl sites for hydroxylation is 2. The number of hydrogen-bond donors (Lipinski definition) is 2. The van der Waals surface area contributed by atoms with Crippen LogP contribution < -0.4 is 5.48 Å². The molecule has 1 atom stereocenters. The summed E-state index contributed by atoms with van der Waals surface area (Å²) in [4.78, 5) is 16.9. The molecule has 12 heteroatoms. The summed E-state index contributed by atoms with van der Waals surface area (Å²) in [7, 11) is 1.43. The largest absolute Gasteiger partial charge is 0.289 e. The summed E-state index contributed by atoms with van der Waals surface area (Å²) in [5.41, 5.74) is 3.66. The number of nitrogens with zero attached hydrogens (tertiary/aromatic N) is 5. The number of pyridine rings is 1. The number of amides is 1. The maximum absolute atomic E-state index is 13.7. The van der Waals surface area contributed by atoms with Gasteiger partial charge in [-0.15, -0.1) is 5.10 Å². The SMILES string of the molecule is [B]CCCCn1nncc1C[C@H](C(=O)NO)N(Cc1cccnc1)S(=O)(=O)c1ccc(C)cc1. The fourth-order valence-corrected chi connectivity index (χ4v) is 5.08. The Morgan fingerprint density at radius 1 is 1.21 bits per heavy atom. The fraction of sp³-hybridized carbons (Fsp3) is 0.364. The fourth-order valence-electron chi connectivity index (χ4n) is 3.51. The lowest BCUT2D eigenvalue weighted by Gasteiger charge is -2.29. The highest BCUT2D eigenvalue weighted by Gasteiger charge is 2.37. The summed E-state index contributed by atoms with van der Waals surface area (Å²) in [5, 5.41) is 17.5. The quantitative estimate of drug-likeness (QED) is 0.174. The van der Waals surface area contributed by atoms with Crippen LogP contribution in [0.5, 0.6) is 0 Å². The van der Waals surface area contributed by atoms with Crippen LogP contribution in [0.2, 0.25) is 6.32 Å². The molecule has 0 aliphatic heterocycles. The Morgan fingerprint density at radius 3 is 2.62 bits per heavy atom. The van der Waals surface area contributed by atoms with Gasteiger partial charge in [-0.2, -0.15) is 4.31 Å². The number of aromatic nitrogens is 4. The topological polar surface area (TPSA) is 130 Å². The minimum atomic E-state index is -4.14. The zero-order chi connectivity index (χ0) is 24.6. The van der Waals surface area contributed by atoms with Crippen LogP contribution in [0.3, 0.4) is 0 Å². The third-order valence-electron chi connectivity index (χ3n) is 5.37. The van der Waals surface area contributed by atoms with Crippen LogP contribution in [0.1, 0.15) is 29.7 Å². The number of hydrogen-bond acceptors (Lipinski definition) is 7. The normalized spacial score (nSPS) is 12.6. The van der Waals surface area contributed by atoms with E-state index in [2.05, 4.69) is 15.3 Å². The minimum absolute atomic E-state index is 0.0345. The number of carbonyl (C=O) groups is 1. The lowest BCUT2D eigenvalue weighted by atomic mass is 10.0. The maximum atomic E-state index is 13.7. The van der Waals surface area contributed by atoms with Crippen LogP contribution in [0.25, 0.3) is 0 Å². The van der Waals surface area contributed by atoms with Crippen molar-refractivity contribution in [3.8, 4) is 0 Å². The lowest BCUT2D eigenvalue weighted by Crippen LogP contribution is -2.50. The van der Waals surface area contributed by atoms with E-state index in [4.69, 9.17) is 7.85 Å². The predicted molar refractivity (Wildman–Crippen MR) is 125 cm³/mol. The van der Waals surface area contributed by atoms with Crippen molar-refractivity contribution < 1.29 is 18.4 Å². The second-order valence-corrected chi connectivity index (χ2v) is 9.76. The molecule has 3 aromatic rings. The van der Waals surface area contributed by atoms with Crippen LogP contribution >= 0.6 is 0 Å². The van der Waals surface area contributed by atoms with Gasteiger partial charge in [0.05, 0.1) is 24.6 Å². The summed E-state index contributed by atoms with van der Waals surface area (Å²) in [6, 6.07) is 8.49. The smallest absolute Gasteiger partial charge is 0.262 e. The van der Waals surface area contributed by atoms with Crippen molar-refractivity contribution >= 4 is 23.8 Å². The lowest BCUT2D eigenvalue weighted by molar-refractivity contribution is -0.133. The minimum Gasteiger partial charge on any atom is -0.289 e. The van der Waals surface area contributed by atoms with Crippen LogP contribution in [0.4, 0.5) is 0 Å². The second-order valence-electron chi connectivity index (χ2n) is 7.86. The van der Waals surface area contributed by atoms with Crippen molar-refractivity contribution in [3.05, 3.63) is 71.8 Å². The molecular weight excluding hydrogens is 455 g/mol. The molecule has 2 heterocycles. The van der Waals surface area contributed by atoms with E-state index in [-0.39, 0.29) is 17.9 Å². The molecule has 0 fully saturated rings. The van der Waals surface area contributed by atoms with Crippen molar-refractivity contribution in [3.63, 3.8) is 0 Å². The van der Waals surface area contributed by atoms with Gasteiger partial charge in [-0.05, 0) is 37.1 Å². The van der Waals surface area contributed by atoms with Gasteiger partial charge in [-0.1, -0.05) is 41.7 Å². The van der Waals surface area contributed by atoms with E-state index < -0.39 is 22.0 Å². The van der Waals surface area contributed by atoms with Crippen LogP contribution in [0.15, 0.2) is 59.9 Å². The highest BCUT2D eigenvalue weighted by atomic mass is 32.2. The number of nitrogens with one attached hydrogen (secondary N) is 1. The molecule has 0 bridgehead atoms. The summed E-state index contributed by atoms with van der Waals surface area (Å²) in [5.74, 6) is -0.866. The Labute approximate surface area is 200 Å². The molecule has 34 heavy (non-hydrogen) atoms. The first-order valence-electron chi connectivity index (χ1n) is 10.9. The van der Waals surface area contributed by atoms with Crippen molar-refractivity contribution in [2.24, 2.45) is 0 Å². The molecular formula is C22H27BN6O4S. The first-order valence-corrected chi connectivity index (χ1v) is 12.3. The van der Waals surface area contributed by atoms with Crippen molar-refractivity contribution in [2.75, 3.05) is 0 Å². The van der Waals surface area contributed by atoms with Crippen LogP contribution in [-0.4, -0.2) is 57.7 Å². The Bertz CT molecular complexity index is 1170. The van der Waals surface area contributed by atoms with E-state index in [1.54, 1.807) is 40.6 Å². The van der Waals surface area contributed by atoms with Gasteiger partial charge in [-0.3, -0.25) is 15.0 Å². The average Bonchev–Trinajstić information content (AvgIpc) is 3.28. The molecule has 2 radical (unpaired) electrons. The van der Waals surface area contributed by atoms with Gasteiger partial charge >= 0.3 is 0 Å². The summed E-state index contributed by atoms with van der Waals surface area (Å²) >= 11 is 0. The van der Waals surface area contributed by atoms with E-state index in [9.17, 15) is 18.4 Å². The third-order valence-corrected chi connectivity index (χ3v) is 7.24. The molecule has 1 aromatic carbocycles. The first kappa shape index (κ1) is 25.5. The van der Waals surface area contributed by atoms with E-state index >= 15 is 0 Å². The molecule has 0 saturated heterocycles. The molecule has 2 N–H and O–H groups in total. The standard InChI is InChI=1S/C22H27BN6O4S/c1-17-6-8-20(9-7-17)34(32,33)29(16-18-5-4-11-24-14-18)21(22(30)26-31)13-19-15-25-27-28(19)12-3-2-10-23/h4-9,11,14-15,21,31H,2-3,10,12-13,16H2,1H3,(H,26,30)/t21-/m1/s1. The molecule has 1 amide bonds. The van der Waals surface area contributed by atoms with Gasteiger partial charge in [0.1, 0.15) is 6.04 Å². The molecule has 178 valence electrons. The van der Waals surface area contributed by atoms with Gasteiger partial charge in [0.15, 0.2) is 0 Å². The van der Waals surface area contributed by atoms with Crippen LogP contribution in [0, 0.1) is 6.92 Å². The maximum Gasteiger partial charge on any atom is 0.262 e. The highest BCUT2D eigenvalue weighted by Crippen LogP contribution is 2.24. The number of rotatable bonds is 12. The van der Waals surface area contributed by atoms with Gasteiger partial charge in [0.2, 0.25) is 10.0 Å². The molecule has 0 aliphatic rings. The van der Waals surface area contributed by atoms with Crippen molar-refractivity contribution in [1.82, 2.24) is 29.8 Å². The molecule has 0 aliphatic carbocycles. The zero-order valence-corrected chi connectivity index (χ0v) is 19.7. The molecule has 0 saturated carbocycles. The van der Waals surface area contributed by atoms with Gasteiger partial charge in [0.25, 0.3) is 5.91 Å². The van der Waals surface area contributed by atoms with Crippen molar-refractivity contribution in [1.29, 1.82) is 0 Å². The van der Waals surface area contributed by atoms with Gasteiger partial charge in [0, 0.05) is 31.9 Å². The summed E-state index contributed by atoms with van der Waals surface area (Å²) < 4.78 is 30.1. The van der Waals surface area contributed by atoms with E-state index in [0.717, 1.165) is 22.7 Å². The highest BCUT2D eigenvalue weighted by molar-refractivity contribution is 7.89. The summed E-state index contributed by atoms with van der Waals surface area (Å²) in [6.45, 7) is 2.24. The number of benzene rings is 1. The van der Waals surface area contributed by atoms with E-state index in [1.807, 2.05) is 6.92 Å². The monoisotopic (exact) mass is 482 g/mol.